The second kappa shape index (κ2) is 4.84. The second-order valence-electron chi connectivity index (χ2n) is 6.07. The van der Waals surface area contributed by atoms with Crippen LogP contribution in [0.2, 0.25) is 0 Å². The van der Waals surface area contributed by atoms with Crippen LogP contribution in [0.15, 0.2) is 0 Å². The van der Waals surface area contributed by atoms with Crippen LogP contribution in [0, 0.1) is 0 Å². The lowest BCUT2D eigenvalue weighted by Crippen LogP contribution is -2.50. The van der Waals surface area contributed by atoms with E-state index in [1.807, 2.05) is 0 Å². The third kappa shape index (κ3) is 2.99. The molecule has 4 nitrogen and oxygen atoms in total. The van der Waals surface area contributed by atoms with Crippen LogP contribution in [-0.4, -0.2) is 60.4 Å². The molecule has 4 heteroatoms. The van der Waals surface area contributed by atoms with Crippen molar-refractivity contribution in [3.05, 3.63) is 0 Å². The molecule has 17 heavy (non-hydrogen) atoms. The summed E-state index contributed by atoms with van der Waals surface area (Å²) in [5.41, 5.74) is -0.460. The molecule has 0 amide bonds. The van der Waals surface area contributed by atoms with Gasteiger partial charge in [-0.05, 0) is 45.2 Å². The van der Waals surface area contributed by atoms with Gasteiger partial charge in [0.2, 0.25) is 0 Å². The Kier molecular flexibility index (Phi) is 3.39. The first-order valence-electron chi connectivity index (χ1n) is 7.16. The summed E-state index contributed by atoms with van der Waals surface area (Å²) in [6.07, 6.45) is 5.84. The van der Waals surface area contributed by atoms with Gasteiger partial charge < -0.3 is 15.7 Å². The van der Waals surface area contributed by atoms with Crippen molar-refractivity contribution < 1.29 is 5.11 Å². The Hall–Kier alpha value is -0.160. The predicted molar refractivity (Wildman–Crippen MR) is 68.1 cm³/mol. The van der Waals surface area contributed by atoms with Gasteiger partial charge in [-0.2, -0.15) is 0 Å². The summed E-state index contributed by atoms with van der Waals surface area (Å²) in [6, 6.07) is 1.50. The maximum atomic E-state index is 10.4. The number of likely N-dealkylation sites (tertiary alicyclic amines) is 1. The van der Waals surface area contributed by atoms with Crippen molar-refractivity contribution in [2.24, 2.45) is 0 Å². The molecule has 1 unspecified atom stereocenters. The highest BCUT2D eigenvalue weighted by Crippen LogP contribution is 2.30. The minimum Gasteiger partial charge on any atom is -0.388 e. The Bertz CT molecular complexity index is 261. The van der Waals surface area contributed by atoms with Gasteiger partial charge in [-0.25, -0.2) is 0 Å². The molecule has 2 aliphatic heterocycles. The Morgan fingerprint density at radius 1 is 1.24 bits per heavy atom. The number of hydrogen-bond donors (Lipinski definition) is 3. The normalized spacial score (nSPS) is 34.1. The summed E-state index contributed by atoms with van der Waals surface area (Å²) >= 11 is 0. The molecule has 3 rings (SSSR count). The monoisotopic (exact) mass is 239 g/mol. The molecular weight excluding hydrogens is 214 g/mol. The maximum absolute atomic E-state index is 10.4. The molecule has 0 aromatic rings. The first kappa shape index (κ1) is 11.9. The zero-order valence-electron chi connectivity index (χ0n) is 10.6. The van der Waals surface area contributed by atoms with E-state index in [2.05, 4.69) is 15.5 Å². The quantitative estimate of drug-likeness (QED) is 0.643. The van der Waals surface area contributed by atoms with E-state index in [4.69, 9.17) is 0 Å². The standard InChI is InChI=1S/C13H25N3O/c17-13(4-6-14-7-5-13)10-15-11-3-8-16(9-11)12-1-2-12/h11-12,14-15,17H,1-10H2. The molecule has 3 aliphatic rings. The third-order valence-corrected chi connectivity index (χ3v) is 4.54. The zero-order valence-corrected chi connectivity index (χ0v) is 10.6. The van der Waals surface area contributed by atoms with Gasteiger partial charge in [0.1, 0.15) is 0 Å². The van der Waals surface area contributed by atoms with Crippen LogP contribution in [0.25, 0.3) is 0 Å². The topological polar surface area (TPSA) is 47.5 Å². The predicted octanol–water partition coefficient (Wildman–Crippen LogP) is -0.0728. The maximum Gasteiger partial charge on any atom is 0.0795 e. The Balaban J connectivity index is 1.41. The van der Waals surface area contributed by atoms with Gasteiger partial charge in [-0.3, -0.25) is 4.90 Å². The highest BCUT2D eigenvalue weighted by Gasteiger charge is 2.35. The van der Waals surface area contributed by atoms with E-state index >= 15 is 0 Å². The molecule has 2 saturated heterocycles. The van der Waals surface area contributed by atoms with Crippen LogP contribution in [0.3, 0.4) is 0 Å². The van der Waals surface area contributed by atoms with E-state index in [0.717, 1.165) is 38.5 Å². The number of nitrogens with one attached hydrogen (secondary N) is 2. The lowest BCUT2D eigenvalue weighted by atomic mass is 9.92. The lowest BCUT2D eigenvalue weighted by molar-refractivity contribution is 0.00903. The molecule has 0 bridgehead atoms. The molecule has 2 heterocycles. The molecule has 3 N–H and O–H groups in total. The van der Waals surface area contributed by atoms with Crippen molar-refractivity contribution in [3.8, 4) is 0 Å². The number of aliphatic hydroxyl groups is 1. The van der Waals surface area contributed by atoms with Crippen molar-refractivity contribution >= 4 is 0 Å². The molecule has 1 atom stereocenters. The smallest absolute Gasteiger partial charge is 0.0795 e. The average molecular weight is 239 g/mol. The molecule has 1 saturated carbocycles. The van der Waals surface area contributed by atoms with Gasteiger partial charge in [0.05, 0.1) is 5.60 Å². The first-order valence-corrected chi connectivity index (χ1v) is 7.16. The van der Waals surface area contributed by atoms with Crippen molar-refractivity contribution in [2.75, 3.05) is 32.7 Å². The van der Waals surface area contributed by atoms with E-state index in [0.29, 0.717) is 6.04 Å². The highest BCUT2D eigenvalue weighted by molar-refractivity contribution is 4.94. The average Bonchev–Trinajstić information content (AvgIpc) is 3.07. The van der Waals surface area contributed by atoms with Crippen molar-refractivity contribution in [2.45, 2.75) is 49.8 Å². The van der Waals surface area contributed by atoms with E-state index in [-0.39, 0.29) is 0 Å². The molecule has 3 fully saturated rings. The molecule has 0 aromatic carbocycles. The van der Waals surface area contributed by atoms with Gasteiger partial charge in [0, 0.05) is 31.7 Å². The van der Waals surface area contributed by atoms with Gasteiger partial charge >= 0.3 is 0 Å². The zero-order chi connectivity index (χ0) is 11.7. The van der Waals surface area contributed by atoms with Crippen LogP contribution in [0.5, 0.6) is 0 Å². The molecule has 0 aromatic heterocycles. The summed E-state index contributed by atoms with van der Waals surface area (Å²) in [4.78, 5) is 2.62. The number of hydrogen-bond acceptors (Lipinski definition) is 4. The third-order valence-electron chi connectivity index (χ3n) is 4.54. The van der Waals surface area contributed by atoms with Crippen molar-refractivity contribution in [1.82, 2.24) is 15.5 Å². The van der Waals surface area contributed by atoms with Crippen LogP contribution in [-0.2, 0) is 0 Å². The first-order chi connectivity index (χ1) is 8.25. The van der Waals surface area contributed by atoms with Gasteiger partial charge in [-0.15, -0.1) is 0 Å². The van der Waals surface area contributed by atoms with Crippen LogP contribution in [0.4, 0.5) is 0 Å². The summed E-state index contributed by atoms with van der Waals surface area (Å²) in [5.74, 6) is 0. The number of rotatable bonds is 4. The van der Waals surface area contributed by atoms with Crippen molar-refractivity contribution in [1.29, 1.82) is 0 Å². The Morgan fingerprint density at radius 2 is 2.00 bits per heavy atom. The largest absolute Gasteiger partial charge is 0.388 e. The van der Waals surface area contributed by atoms with Crippen LogP contribution in [0.1, 0.15) is 32.1 Å². The van der Waals surface area contributed by atoms with Crippen molar-refractivity contribution in [3.63, 3.8) is 0 Å². The molecular formula is C13H25N3O. The second-order valence-corrected chi connectivity index (χ2v) is 6.07. The SMILES string of the molecule is OC1(CNC2CCN(C3CC3)C2)CCNCC1. The Morgan fingerprint density at radius 3 is 2.71 bits per heavy atom. The van der Waals surface area contributed by atoms with Gasteiger partial charge in [0.25, 0.3) is 0 Å². The summed E-state index contributed by atoms with van der Waals surface area (Å²) in [6.45, 7) is 5.13. The molecule has 0 spiro atoms. The minimum atomic E-state index is -0.460. The fraction of sp³-hybridized carbons (Fsp3) is 1.00. The molecule has 1 aliphatic carbocycles. The van der Waals surface area contributed by atoms with E-state index in [9.17, 15) is 5.11 Å². The number of piperidine rings is 1. The summed E-state index contributed by atoms with van der Waals surface area (Å²) in [7, 11) is 0. The summed E-state index contributed by atoms with van der Waals surface area (Å²) in [5, 5.41) is 17.3. The molecule has 0 radical (unpaired) electrons. The van der Waals surface area contributed by atoms with Gasteiger partial charge in [0.15, 0.2) is 0 Å². The van der Waals surface area contributed by atoms with Crippen LogP contribution >= 0.6 is 0 Å². The fourth-order valence-corrected chi connectivity index (χ4v) is 3.13. The fourth-order valence-electron chi connectivity index (χ4n) is 3.13. The molecule has 98 valence electrons. The lowest BCUT2D eigenvalue weighted by Gasteiger charge is -2.33. The number of nitrogens with zero attached hydrogens (tertiary/aromatic N) is 1. The van der Waals surface area contributed by atoms with E-state index in [1.165, 1.54) is 32.4 Å². The highest BCUT2D eigenvalue weighted by atomic mass is 16.3. The van der Waals surface area contributed by atoms with E-state index in [1.54, 1.807) is 0 Å². The van der Waals surface area contributed by atoms with E-state index < -0.39 is 5.60 Å². The van der Waals surface area contributed by atoms with Gasteiger partial charge in [-0.1, -0.05) is 0 Å². The summed E-state index contributed by atoms with van der Waals surface area (Å²) < 4.78 is 0. The van der Waals surface area contributed by atoms with Crippen LogP contribution < -0.4 is 10.6 Å². The minimum absolute atomic E-state index is 0.460. The Labute approximate surface area is 104 Å².